The lowest BCUT2D eigenvalue weighted by atomic mass is 10.1. The Balaban J connectivity index is 2.55. The molecule has 20 heavy (non-hydrogen) atoms. The van der Waals surface area contributed by atoms with Crippen LogP contribution in [0.5, 0.6) is 0 Å². The summed E-state index contributed by atoms with van der Waals surface area (Å²) in [5.74, 6) is -1.58. The van der Waals surface area contributed by atoms with Gasteiger partial charge in [0.1, 0.15) is 6.04 Å². The summed E-state index contributed by atoms with van der Waals surface area (Å²) in [6.45, 7) is 0.904. The van der Waals surface area contributed by atoms with Crippen LogP contribution < -0.4 is 5.32 Å². The summed E-state index contributed by atoms with van der Waals surface area (Å²) in [4.78, 5) is 34.4. The van der Waals surface area contributed by atoms with Gasteiger partial charge in [0.2, 0.25) is 5.91 Å². The molecular formula is C13H19NO6. The van der Waals surface area contributed by atoms with Crippen LogP contribution in [0.1, 0.15) is 12.8 Å². The lowest BCUT2D eigenvalue weighted by Crippen LogP contribution is -2.44. The Kier molecular flexibility index (Phi) is 6.72. The number of carbonyl (C=O) groups is 3. The van der Waals surface area contributed by atoms with Crippen molar-refractivity contribution in [3.63, 3.8) is 0 Å². The highest BCUT2D eigenvalue weighted by molar-refractivity contribution is 5.86. The number of esters is 2. The molecule has 1 aliphatic rings. The van der Waals surface area contributed by atoms with Crippen molar-refractivity contribution < 1.29 is 28.6 Å². The lowest BCUT2D eigenvalue weighted by molar-refractivity contribution is -0.145. The van der Waals surface area contributed by atoms with E-state index in [0.717, 1.165) is 0 Å². The molecule has 7 nitrogen and oxygen atoms in total. The first-order valence-corrected chi connectivity index (χ1v) is 6.29. The van der Waals surface area contributed by atoms with Crippen LogP contribution in [0.3, 0.4) is 0 Å². The van der Waals surface area contributed by atoms with Gasteiger partial charge in [-0.3, -0.25) is 4.79 Å². The van der Waals surface area contributed by atoms with E-state index in [-0.39, 0.29) is 18.2 Å². The SMILES string of the molecule is COC(=O)/C=C/C[C@H](NC(=O)[C@@H]1CCOC1)C(=O)OC. The standard InChI is InChI=1S/C13H19NO6/c1-18-11(15)5-3-4-10(13(17)19-2)14-12(16)9-6-7-20-8-9/h3,5,9-10H,4,6-8H2,1-2H3,(H,14,16)/b5-3+/t9-,10+/m1/s1. The number of carbonyl (C=O) groups excluding carboxylic acids is 3. The maximum Gasteiger partial charge on any atom is 0.330 e. The first kappa shape index (κ1) is 16.2. The monoisotopic (exact) mass is 285 g/mol. The molecule has 0 aromatic rings. The summed E-state index contributed by atoms with van der Waals surface area (Å²) in [5, 5.41) is 2.60. The van der Waals surface area contributed by atoms with Gasteiger partial charge in [0.05, 0.1) is 26.7 Å². The number of rotatable bonds is 6. The van der Waals surface area contributed by atoms with Crippen molar-refractivity contribution in [2.24, 2.45) is 5.92 Å². The smallest absolute Gasteiger partial charge is 0.330 e. The van der Waals surface area contributed by atoms with E-state index < -0.39 is 18.0 Å². The number of hydrogen-bond donors (Lipinski definition) is 1. The van der Waals surface area contributed by atoms with Crippen LogP contribution >= 0.6 is 0 Å². The summed E-state index contributed by atoms with van der Waals surface area (Å²) in [7, 11) is 2.50. The molecule has 7 heteroatoms. The fourth-order valence-corrected chi connectivity index (χ4v) is 1.76. The zero-order valence-electron chi connectivity index (χ0n) is 11.6. The number of amides is 1. The Morgan fingerprint density at radius 2 is 2.10 bits per heavy atom. The third-order valence-corrected chi connectivity index (χ3v) is 2.93. The first-order valence-electron chi connectivity index (χ1n) is 6.29. The minimum absolute atomic E-state index is 0.154. The molecule has 1 heterocycles. The van der Waals surface area contributed by atoms with Crippen molar-refractivity contribution in [3.8, 4) is 0 Å². The molecule has 1 fully saturated rings. The second-order valence-electron chi connectivity index (χ2n) is 4.31. The van der Waals surface area contributed by atoms with E-state index >= 15 is 0 Å². The molecular weight excluding hydrogens is 266 g/mol. The van der Waals surface area contributed by atoms with Crippen molar-refractivity contribution in [2.75, 3.05) is 27.4 Å². The summed E-state index contributed by atoms with van der Waals surface area (Å²) < 4.78 is 14.2. The Morgan fingerprint density at radius 1 is 1.35 bits per heavy atom. The third-order valence-electron chi connectivity index (χ3n) is 2.93. The van der Waals surface area contributed by atoms with Gasteiger partial charge in [0, 0.05) is 12.7 Å². The molecule has 0 unspecified atom stereocenters. The zero-order chi connectivity index (χ0) is 15.0. The van der Waals surface area contributed by atoms with Gasteiger partial charge in [-0.2, -0.15) is 0 Å². The van der Waals surface area contributed by atoms with E-state index in [4.69, 9.17) is 4.74 Å². The molecule has 1 amide bonds. The van der Waals surface area contributed by atoms with Crippen molar-refractivity contribution >= 4 is 17.8 Å². The van der Waals surface area contributed by atoms with Crippen LogP contribution in [0.15, 0.2) is 12.2 Å². The predicted molar refractivity (Wildman–Crippen MR) is 68.6 cm³/mol. The summed E-state index contributed by atoms with van der Waals surface area (Å²) in [6.07, 6.45) is 3.44. The fraction of sp³-hybridized carbons (Fsp3) is 0.615. The molecule has 1 aliphatic heterocycles. The van der Waals surface area contributed by atoms with Crippen LogP contribution in [0.25, 0.3) is 0 Å². The third kappa shape index (κ3) is 5.00. The fourth-order valence-electron chi connectivity index (χ4n) is 1.76. The van der Waals surface area contributed by atoms with Gasteiger partial charge in [-0.15, -0.1) is 0 Å². The molecule has 1 N–H and O–H groups in total. The summed E-state index contributed by atoms with van der Waals surface area (Å²) in [6, 6.07) is -0.825. The van der Waals surface area contributed by atoms with E-state index in [1.165, 1.54) is 26.4 Å². The molecule has 0 aromatic carbocycles. The highest BCUT2D eigenvalue weighted by Gasteiger charge is 2.28. The highest BCUT2D eigenvalue weighted by Crippen LogP contribution is 2.13. The second kappa shape index (κ2) is 8.31. The molecule has 0 radical (unpaired) electrons. The van der Waals surface area contributed by atoms with Crippen LogP contribution in [0.2, 0.25) is 0 Å². The molecule has 0 saturated carbocycles. The molecule has 0 spiro atoms. The molecule has 112 valence electrons. The number of ether oxygens (including phenoxy) is 3. The Labute approximate surface area is 117 Å². The average Bonchev–Trinajstić information content (AvgIpc) is 2.99. The lowest BCUT2D eigenvalue weighted by Gasteiger charge is -2.17. The summed E-state index contributed by atoms with van der Waals surface area (Å²) in [5.41, 5.74) is 0. The largest absolute Gasteiger partial charge is 0.467 e. The van der Waals surface area contributed by atoms with Crippen molar-refractivity contribution in [2.45, 2.75) is 18.9 Å². The van der Waals surface area contributed by atoms with Gasteiger partial charge in [-0.05, 0) is 12.8 Å². The second-order valence-corrected chi connectivity index (χ2v) is 4.31. The first-order chi connectivity index (χ1) is 9.58. The van der Waals surface area contributed by atoms with Crippen LogP contribution in [0, 0.1) is 5.92 Å². The van der Waals surface area contributed by atoms with Gasteiger partial charge in [0.25, 0.3) is 0 Å². The van der Waals surface area contributed by atoms with Gasteiger partial charge in [-0.1, -0.05) is 6.08 Å². The van der Waals surface area contributed by atoms with E-state index in [1.54, 1.807) is 0 Å². The van der Waals surface area contributed by atoms with Crippen LogP contribution in [0.4, 0.5) is 0 Å². The van der Waals surface area contributed by atoms with Crippen molar-refractivity contribution in [1.82, 2.24) is 5.32 Å². The Hall–Kier alpha value is -1.89. The van der Waals surface area contributed by atoms with Gasteiger partial charge in [0.15, 0.2) is 0 Å². The summed E-state index contributed by atoms with van der Waals surface area (Å²) >= 11 is 0. The minimum atomic E-state index is -0.825. The van der Waals surface area contributed by atoms with Crippen molar-refractivity contribution in [3.05, 3.63) is 12.2 Å². The number of methoxy groups -OCH3 is 2. The number of hydrogen-bond acceptors (Lipinski definition) is 6. The maximum absolute atomic E-state index is 11.9. The zero-order valence-corrected chi connectivity index (χ0v) is 11.6. The molecule has 1 saturated heterocycles. The van der Waals surface area contributed by atoms with E-state index in [1.807, 2.05) is 0 Å². The Bertz CT molecular complexity index is 386. The average molecular weight is 285 g/mol. The molecule has 0 aliphatic carbocycles. The van der Waals surface area contributed by atoms with Gasteiger partial charge in [-0.25, -0.2) is 9.59 Å². The topological polar surface area (TPSA) is 90.9 Å². The molecule has 0 bridgehead atoms. The Morgan fingerprint density at radius 3 is 2.65 bits per heavy atom. The maximum atomic E-state index is 11.9. The minimum Gasteiger partial charge on any atom is -0.467 e. The normalized spacial score (nSPS) is 19.6. The van der Waals surface area contributed by atoms with Gasteiger partial charge < -0.3 is 19.5 Å². The van der Waals surface area contributed by atoms with E-state index in [0.29, 0.717) is 19.6 Å². The van der Waals surface area contributed by atoms with Crippen LogP contribution in [-0.2, 0) is 28.6 Å². The number of nitrogens with one attached hydrogen (secondary N) is 1. The van der Waals surface area contributed by atoms with Crippen LogP contribution in [-0.4, -0.2) is 51.3 Å². The molecule has 2 atom stereocenters. The highest BCUT2D eigenvalue weighted by atomic mass is 16.5. The van der Waals surface area contributed by atoms with Crippen molar-refractivity contribution in [1.29, 1.82) is 0 Å². The molecule has 0 aromatic heterocycles. The van der Waals surface area contributed by atoms with E-state index in [9.17, 15) is 14.4 Å². The van der Waals surface area contributed by atoms with E-state index in [2.05, 4.69) is 14.8 Å². The quantitative estimate of drug-likeness (QED) is 0.537. The molecule has 1 rings (SSSR count). The predicted octanol–water partition coefficient (Wildman–Crippen LogP) is -0.200. The van der Waals surface area contributed by atoms with Gasteiger partial charge >= 0.3 is 11.9 Å².